The predicted octanol–water partition coefficient (Wildman–Crippen LogP) is 2.01. The molecule has 35 heavy (non-hydrogen) atoms. The molecule has 5 atom stereocenters. The molecule has 1 aromatic heterocycles. The quantitative estimate of drug-likeness (QED) is 0.417. The van der Waals surface area contributed by atoms with Crippen LogP contribution < -0.4 is 4.74 Å². The van der Waals surface area contributed by atoms with Crippen LogP contribution >= 0.6 is 0 Å². The topological polar surface area (TPSA) is 137 Å². The number of aryl methyl sites for hydroxylation is 1. The van der Waals surface area contributed by atoms with Crippen LogP contribution in [0.25, 0.3) is 10.9 Å². The molecule has 11 nitrogen and oxygen atoms in total. The van der Waals surface area contributed by atoms with E-state index in [-0.39, 0.29) is 6.61 Å². The van der Waals surface area contributed by atoms with Gasteiger partial charge in [-0.2, -0.15) is 0 Å². The Labute approximate surface area is 201 Å². The van der Waals surface area contributed by atoms with Crippen molar-refractivity contribution in [1.29, 1.82) is 0 Å². The van der Waals surface area contributed by atoms with E-state index >= 15 is 0 Å². The Balaban J connectivity index is 2.05. The Kier molecular flexibility index (Phi) is 8.23. The number of pyridine rings is 1. The highest BCUT2D eigenvalue weighted by molar-refractivity contribution is 5.85. The summed E-state index contributed by atoms with van der Waals surface area (Å²) in [5.41, 5.74) is 1.61. The number of hydrogen-bond donors (Lipinski definition) is 0. The Morgan fingerprint density at radius 3 is 2.11 bits per heavy atom. The SMILES string of the molecule is CC(=O)OC[C@H]1O[C@@H](Oc2ccnc3ccc(C)cc23)[C@H](OC(C)=O)[C@@H](OC(C)=O)[C@@H]1OC(C)=O. The van der Waals surface area contributed by atoms with Crippen molar-refractivity contribution in [1.82, 2.24) is 4.98 Å². The average Bonchev–Trinajstić information content (AvgIpc) is 2.76. The molecule has 1 aliphatic rings. The van der Waals surface area contributed by atoms with Crippen LogP contribution in [0.2, 0.25) is 0 Å². The first-order valence-corrected chi connectivity index (χ1v) is 10.9. The molecule has 188 valence electrons. The molecule has 1 aromatic carbocycles. The molecule has 1 saturated heterocycles. The summed E-state index contributed by atoms with van der Waals surface area (Å²) in [5.74, 6) is -2.38. The Morgan fingerprint density at radius 2 is 1.49 bits per heavy atom. The molecule has 1 fully saturated rings. The van der Waals surface area contributed by atoms with Crippen molar-refractivity contribution in [3.8, 4) is 5.75 Å². The zero-order chi connectivity index (χ0) is 25.7. The van der Waals surface area contributed by atoms with Gasteiger partial charge in [0.2, 0.25) is 12.4 Å². The van der Waals surface area contributed by atoms with E-state index in [0.29, 0.717) is 16.7 Å². The number of nitrogens with zero attached hydrogens (tertiary/aromatic N) is 1. The van der Waals surface area contributed by atoms with E-state index in [2.05, 4.69) is 4.98 Å². The van der Waals surface area contributed by atoms with Gasteiger partial charge in [0.05, 0.1) is 5.52 Å². The molecule has 0 radical (unpaired) electrons. The van der Waals surface area contributed by atoms with Gasteiger partial charge in [0.1, 0.15) is 18.5 Å². The molecule has 0 aliphatic carbocycles. The van der Waals surface area contributed by atoms with Gasteiger partial charge in [-0.1, -0.05) is 11.6 Å². The maximum atomic E-state index is 12.0. The van der Waals surface area contributed by atoms with Gasteiger partial charge in [-0.15, -0.1) is 0 Å². The Bertz CT molecular complexity index is 1120. The number of benzene rings is 1. The number of ether oxygens (including phenoxy) is 6. The summed E-state index contributed by atoms with van der Waals surface area (Å²) in [7, 11) is 0. The summed E-state index contributed by atoms with van der Waals surface area (Å²) in [6.45, 7) is 6.25. The van der Waals surface area contributed by atoms with Crippen LogP contribution in [0.3, 0.4) is 0 Å². The summed E-state index contributed by atoms with van der Waals surface area (Å²) >= 11 is 0. The van der Waals surface area contributed by atoms with Crippen LogP contribution in [0.1, 0.15) is 33.3 Å². The first-order chi connectivity index (χ1) is 16.5. The summed E-state index contributed by atoms with van der Waals surface area (Å²) in [4.78, 5) is 51.5. The highest BCUT2D eigenvalue weighted by Gasteiger charge is 2.53. The summed E-state index contributed by atoms with van der Waals surface area (Å²) < 4.78 is 33.4. The van der Waals surface area contributed by atoms with Crippen molar-refractivity contribution in [3.63, 3.8) is 0 Å². The van der Waals surface area contributed by atoms with Gasteiger partial charge < -0.3 is 28.4 Å². The van der Waals surface area contributed by atoms with Gasteiger partial charge in [0.25, 0.3) is 0 Å². The summed E-state index contributed by atoms with van der Waals surface area (Å²) in [6, 6.07) is 7.19. The van der Waals surface area contributed by atoms with Crippen molar-refractivity contribution >= 4 is 34.8 Å². The first-order valence-electron chi connectivity index (χ1n) is 10.9. The Hall–Kier alpha value is -3.73. The molecule has 11 heteroatoms. The third kappa shape index (κ3) is 6.66. The third-order valence-electron chi connectivity index (χ3n) is 5.05. The standard InChI is InChI=1S/C24H27NO10/c1-12-6-7-18-17(10-12)19(8-9-25-18)34-24-23(33-16(5)29)22(32-15(4)28)21(31-14(3)27)20(35-24)11-30-13(2)26/h6-10,20-24H,11H2,1-5H3/t20-,21-,22+,23-,24-/m1/s1. The van der Waals surface area contributed by atoms with Gasteiger partial charge in [-0.25, -0.2) is 0 Å². The highest BCUT2D eigenvalue weighted by Crippen LogP contribution is 2.33. The van der Waals surface area contributed by atoms with Gasteiger partial charge >= 0.3 is 23.9 Å². The number of esters is 4. The molecule has 2 heterocycles. The highest BCUT2D eigenvalue weighted by atomic mass is 16.7. The smallest absolute Gasteiger partial charge is 0.303 e. The van der Waals surface area contributed by atoms with Gasteiger partial charge in [-0.05, 0) is 25.1 Å². The predicted molar refractivity (Wildman–Crippen MR) is 119 cm³/mol. The normalized spacial score (nSPS) is 23.7. The van der Waals surface area contributed by atoms with Crippen LogP contribution in [-0.2, 0) is 42.9 Å². The number of fused-ring (bicyclic) bond motifs is 1. The van der Waals surface area contributed by atoms with E-state index in [1.54, 1.807) is 6.07 Å². The maximum Gasteiger partial charge on any atom is 0.303 e. The number of aromatic nitrogens is 1. The molecule has 0 unspecified atom stereocenters. The molecule has 0 saturated carbocycles. The van der Waals surface area contributed by atoms with Crippen molar-refractivity contribution in [2.24, 2.45) is 0 Å². The summed E-state index contributed by atoms with van der Waals surface area (Å²) in [5, 5.41) is 0.667. The second kappa shape index (κ2) is 11.1. The van der Waals surface area contributed by atoms with E-state index in [1.165, 1.54) is 20.0 Å². The van der Waals surface area contributed by atoms with Crippen LogP contribution in [0, 0.1) is 6.92 Å². The Morgan fingerprint density at radius 1 is 0.857 bits per heavy atom. The second-order valence-corrected chi connectivity index (χ2v) is 8.02. The number of hydrogen-bond acceptors (Lipinski definition) is 11. The van der Waals surface area contributed by atoms with Gasteiger partial charge in [0.15, 0.2) is 12.2 Å². The molecule has 2 aromatic rings. The molecule has 0 spiro atoms. The van der Waals surface area contributed by atoms with Crippen LogP contribution in [0.5, 0.6) is 5.75 Å². The van der Waals surface area contributed by atoms with Gasteiger partial charge in [0, 0.05) is 39.3 Å². The molecule has 1 aliphatic heterocycles. The minimum Gasteiger partial charge on any atom is -0.463 e. The fourth-order valence-corrected chi connectivity index (χ4v) is 3.75. The van der Waals surface area contributed by atoms with E-state index in [0.717, 1.165) is 19.4 Å². The lowest BCUT2D eigenvalue weighted by atomic mass is 9.98. The van der Waals surface area contributed by atoms with Crippen LogP contribution in [0.15, 0.2) is 30.5 Å². The van der Waals surface area contributed by atoms with Gasteiger partial charge in [-0.3, -0.25) is 24.2 Å². The first kappa shape index (κ1) is 25.9. The van der Waals surface area contributed by atoms with Crippen LogP contribution in [0.4, 0.5) is 0 Å². The monoisotopic (exact) mass is 489 g/mol. The lowest BCUT2D eigenvalue weighted by molar-refractivity contribution is -0.288. The average molecular weight is 489 g/mol. The molecule has 0 bridgehead atoms. The third-order valence-corrected chi connectivity index (χ3v) is 5.05. The van der Waals surface area contributed by atoms with E-state index in [4.69, 9.17) is 28.4 Å². The number of carbonyl (C=O) groups is 4. The number of rotatable bonds is 7. The zero-order valence-electron chi connectivity index (χ0n) is 20.0. The van der Waals surface area contributed by atoms with Crippen molar-refractivity contribution in [2.45, 2.75) is 65.3 Å². The maximum absolute atomic E-state index is 12.0. The minimum absolute atomic E-state index is 0.339. The van der Waals surface area contributed by atoms with E-state index < -0.39 is 54.6 Å². The van der Waals surface area contributed by atoms with E-state index in [1.807, 2.05) is 25.1 Å². The lowest BCUT2D eigenvalue weighted by Gasteiger charge is -2.44. The lowest BCUT2D eigenvalue weighted by Crippen LogP contribution is -2.63. The zero-order valence-corrected chi connectivity index (χ0v) is 20.0. The van der Waals surface area contributed by atoms with E-state index in [9.17, 15) is 19.2 Å². The molecular weight excluding hydrogens is 462 g/mol. The van der Waals surface area contributed by atoms with Crippen LogP contribution in [-0.4, -0.2) is 66.2 Å². The van der Waals surface area contributed by atoms with Crippen molar-refractivity contribution < 1.29 is 47.6 Å². The van der Waals surface area contributed by atoms with Crippen molar-refractivity contribution in [3.05, 3.63) is 36.0 Å². The minimum atomic E-state index is -1.32. The van der Waals surface area contributed by atoms with Crippen molar-refractivity contribution in [2.75, 3.05) is 6.61 Å². The molecule has 0 N–H and O–H groups in total. The molecule has 0 amide bonds. The number of carbonyl (C=O) groups excluding carboxylic acids is 4. The second-order valence-electron chi connectivity index (χ2n) is 8.02. The molecular formula is C24H27NO10. The fraction of sp³-hybridized carbons (Fsp3) is 0.458. The fourth-order valence-electron chi connectivity index (χ4n) is 3.75. The summed E-state index contributed by atoms with van der Waals surface area (Å²) in [6.07, 6.45) is -4.76. The molecule has 3 rings (SSSR count). The largest absolute Gasteiger partial charge is 0.463 e.